The third-order valence-corrected chi connectivity index (χ3v) is 4.48. The normalized spacial score (nSPS) is 28.6. The van der Waals surface area contributed by atoms with Gasteiger partial charge in [-0.15, -0.1) is 0 Å². The van der Waals surface area contributed by atoms with E-state index in [1.54, 1.807) is 19.2 Å². The summed E-state index contributed by atoms with van der Waals surface area (Å²) in [7, 11) is 3.50. The first-order valence-corrected chi connectivity index (χ1v) is 7.28. The van der Waals surface area contributed by atoms with Gasteiger partial charge in [0.15, 0.2) is 5.76 Å². The fraction of sp³-hybridized carbons (Fsp3) is 0.667. The molecule has 2 aliphatic rings. The monoisotopic (exact) mass is 278 g/mol. The first-order valence-electron chi connectivity index (χ1n) is 7.28. The molecule has 3 heterocycles. The summed E-state index contributed by atoms with van der Waals surface area (Å²) in [6.07, 6.45) is 4.57. The number of hydrogen-bond donors (Lipinski definition) is 1. The molecule has 2 aliphatic heterocycles. The summed E-state index contributed by atoms with van der Waals surface area (Å²) in [4.78, 5) is 14.3. The van der Waals surface area contributed by atoms with Crippen molar-refractivity contribution in [1.29, 1.82) is 0 Å². The Morgan fingerprint density at radius 2 is 2.10 bits per heavy atom. The second-order valence-electron chi connectivity index (χ2n) is 5.88. The number of nitrogens with one attached hydrogen (secondary N) is 1. The van der Waals surface area contributed by atoms with Gasteiger partial charge in [-0.1, -0.05) is 0 Å². The lowest BCUT2D eigenvalue weighted by Gasteiger charge is -2.35. The van der Waals surface area contributed by atoms with Crippen LogP contribution in [0.3, 0.4) is 0 Å². The van der Waals surface area contributed by atoms with Gasteiger partial charge in [0, 0.05) is 32.3 Å². The summed E-state index contributed by atoms with van der Waals surface area (Å²) < 4.78 is 10.5. The number of carbonyl (C=O) groups is 1. The maximum atomic E-state index is 12.5. The molecule has 2 unspecified atom stereocenters. The molecule has 2 atom stereocenters. The molecule has 2 saturated heterocycles. The zero-order chi connectivity index (χ0) is 14.1. The molecule has 5 nitrogen and oxygen atoms in total. The number of rotatable bonds is 4. The van der Waals surface area contributed by atoms with E-state index >= 15 is 0 Å². The topological polar surface area (TPSA) is 54.7 Å². The molecule has 0 aliphatic carbocycles. The van der Waals surface area contributed by atoms with Gasteiger partial charge in [-0.2, -0.15) is 0 Å². The maximum absolute atomic E-state index is 12.5. The number of methoxy groups -OCH3 is 1. The van der Waals surface area contributed by atoms with E-state index in [0.29, 0.717) is 36.3 Å². The number of amides is 1. The van der Waals surface area contributed by atoms with Gasteiger partial charge in [-0.05, 0) is 37.8 Å². The molecule has 110 valence electrons. The average molecular weight is 278 g/mol. The second kappa shape index (κ2) is 5.58. The van der Waals surface area contributed by atoms with E-state index in [9.17, 15) is 4.79 Å². The molecule has 0 saturated carbocycles. The average Bonchev–Trinajstić information content (AvgIpc) is 3.04. The van der Waals surface area contributed by atoms with E-state index in [1.165, 1.54) is 12.8 Å². The molecule has 3 rings (SSSR count). The van der Waals surface area contributed by atoms with E-state index in [-0.39, 0.29) is 5.91 Å². The molecule has 1 amide bonds. The van der Waals surface area contributed by atoms with Crippen molar-refractivity contribution in [2.75, 3.05) is 14.2 Å². The van der Waals surface area contributed by atoms with Gasteiger partial charge in [-0.3, -0.25) is 4.79 Å². The van der Waals surface area contributed by atoms with Crippen LogP contribution in [0.15, 0.2) is 16.5 Å². The summed E-state index contributed by atoms with van der Waals surface area (Å²) in [6, 6.07) is 5.01. The minimum atomic E-state index is -0.0290. The number of ether oxygens (including phenoxy) is 1. The van der Waals surface area contributed by atoms with Crippen molar-refractivity contribution < 1.29 is 13.9 Å². The highest BCUT2D eigenvalue weighted by atomic mass is 16.5. The van der Waals surface area contributed by atoms with Gasteiger partial charge in [0.25, 0.3) is 5.91 Å². The minimum Gasteiger partial charge on any atom is -0.453 e. The Morgan fingerprint density at radius 1 is 1.40 bits per heavy atom. The van der Waals surface area contributed by atoms with Crippen LogP contribution in [-0.4, -0.2) is 43.1 Å². The first kappa shape index (κ1) is 13.6. The summed E-state index contributed by atoms with van der Waals surface area (Å²) in [5.74, 6) is 1.07. The molecule has 2 bridgehead atoms. The van der Waals surface area contributed by atoms with E-state index in [0.717, 1.165) is 12.8 Å². The van der Waals surface area contributed by atoms with Crippen LogP contribution in [0, 0.1) is 0 Å². The van der Waals surface area contributed by atoms with Crippen molar-refractivity contribution in [2.45, 2.75) is 50.4 Å². The Hall–Kier alpha value is -1.33. The van der Waals surface area contributed by atoms with E-state index in [2.05, 4.69) is 5.32 Å². The van der Waals surface area contributed by atoms with Crippen molar-refractivity contribution in [3.8, 4) is 0 Å². The van der Waals surface area contributed by atoms with E-state index < -0.39 is 0 Å². The Balaban J connectivity index is 1.66. The van der Waals surface area contributed by atoms with Gasteiger partial charge >= 0.3 is 0 Å². The predicted molar refractivity (Wildman–Crippen MR) is 74.5 cm³/mol. The number of nitrogens with zero attached hydrogens (tertiary/aromatic N) is 1. The van der Waals surface area contributed by atoms with Crippen molar-refractivity contribution in [1.82, 2.24) is 10.2 Å². The zero-order valence-corrected chi connectivity index (χ0v) is 12.1. The van der Waals surface area contributed by atoms with Crippen LogP contribution >= 0.6 is 0 Å². The molecule has 20 heavy (non-hydrogen) atoms. The van der Waals surface area contributed by atoms with Gasteiger partial charge in [0.05, 0.1) is 0 Å². The van der Waals surface area contributed by atoms with Crippen LogP contribution in [0.5, 0.6) is 0 Å². The van der Waals surface area contributed by atoms with Crippen LogP contribution in [0.4, 0.5) is 0 Å². The van der Waals surface area contributed by atoms with Gasteiger partial charge in [0.2, 0.25) is 0 Å². The number of piperidine rings is 1. The Bertz CT molecular complexity index is 473. The molecule has 1 aromatic rings. The molecular formula is C15H22N2O3. The van der Waals surface area contributed by atoms with Crippen molar-refractivity contribution in [3.05, 3.63) is 23.7 Å². The van der Waals surface area contributed by atoms with Crippen LogP contribution in [0.1, 0.15) is 42.0 Å². The van der Waals surface area contributed by atoms with Crippen LogP contribution in [0.2, 0.25) is 0 Å². The smallest absolute Gasteiger partial charge is 0.289 e. The molecular weight excluding hydrogens is 256 g/mol. The lowest BCUT2D eigenvalue weighted by Crippen LogP contribution is -2.48. The first-order chi connectivity index (χ1) is 9.67. The van der Waals surface area contributed by atoms with Crippen LogP contribution in [0.25, 0.3) is 0 Å². The van der Waals surface area contributed by atoms with Gasteiger partial charge < -0.3 is 19.4 Å². The highest BCUT2D eigenvalue weighted by molar-refractivity contribution is 5.91. The van der Waals surface area contributed by atoms with Gasteiger partial charge in [0.1, 0.15) is 12.4 Å². The summed E-state index contributed by atoms with van der Waals surface area (Å²) in [5, 5.41) is 3.60. The fourth-order valence-corrected chi connectivity index (χ4v) is 3.40. The number of fused-ring (bicyclic) bond motifs is 2. The maximum Gasteiger partial charge on any atom is 0.289 e. The second-order valence-corrected chi connectivity index (χ2v) is 5.88. The molecule has 0 spiro atoms. The molecule has 2 fully saturated rings. The minimum absolute atomic E-state index is 0.0290. The molecule has 1 N–H and O–H groups in total. The highest BCUT2D eigenvalue weighted by Gasteiger charge is 2.36. The molecule has 5 heteroatoms. The summed E-state index contributed by atoms with van der Waals surface area (Å²) in [5.41, 5.74) is 0. The lowest BCUT2D eigenvalue weighted by atomic mass is 9.98. The standard InChI is InChI=1S/C15H22N2O3/c1-17(12-7-10-3-4-11(8-12)16-10)15(18)14-6-5-13(20-14)9-19-2/h5-6,10-12,16H,3-4,7-9H2,1-2H3. The molecule has 1 aromatic heterocycles. The number of carbonyl (C=O) groups excluding carboxylic acids is 1. The van der Waals surface area contributed by atoms with Crippen molar-refractivity contribution in [3.63, 3.8) is 0 Å². The lowest BCUT2D eigenvalue weighted by molar-refractivity contribution is 0.0642. The Morgan fingerprint density at radius 3 is 2.75 bits per heavy atom. The highest BCUT2D eigenvalue weighted by Crippen LogP contribution is 2.30. The van der Waals surface area contributed by atoms with Crippen molar-refractivity contribution in [2.24, 2.45) is 0 Å². The predicted octanol–water partition coefficient (Wildman–Crippen LogP) is 1.78. The van der Waals surface area contributed by atoms with Crippen LogP contribution in [-0.2, 0) is 11.3 Å². The number of furan rings is 1. The summed E-state index contributed by atoms with van der Waals surface area (Å²) >= 11 is 0. The van der Waals surface area contributed by atoms with Gasteiger partial charge in [-0.25, -0.2) is 0 Å². The SMILES string of the molecule is COCc1ccc(C(=O)N(C)C2CC3CCC(C2)N3)o1. The molecule has 0 radical (unpaired) electrons. The van der Waals surface area contributed by atoms with Crippen molar-refractivity contribution >= 4 is 5.91 Å². The summed E-state index contributed by atoms with van der Waals surface area (Å²) in [6.45, 7) is 0.397. The number of hydrogen-bond acceptors (Lipinski definition) is 4. The van der Waals surface area contributed by atoms with E-state index in [1.807, 2.05) is 11.9 Å². The molecule has 0 aromatic carbocycles. The zero-order valence-electron chi connectivity index (χ0n) is 12.1. The Kier molecular flexibility index (Phi) is 3.81. The van der Waals surface area contributed by atoms with Crippen LogP contribution < -0.4 is 5.32 Å². The fourth-order valence-electron chi connectivity index (χ4n) is 3.40. The van der Waals surface area contributed by atoms with E-state index in [4.69, 9.17) is 9.15 Å². The largest absolute Gasteiger partial charge is 0.453 e. The third-order valence-electron chi connectivity index (χ3n) is 4.48. The Labute approximate surface area is 119 Å². The third kappa shape index (κ3) is 2.60. The quantitative estimate of drug-likeness (QED) is 0.912.